The van der Waals surface area contributed by atoms with Gasteiger partial charge in [0.15, 0.2) is 11.5 Å². The number of aromatic nitrogens is 5. The highest BCUT2D eigenvalue weighted by atomic mass is 16.2. The molecule has 5 rings (SSSR count). The summed E-state index contributed by atoms with van der Waals surface area (Å²) in [6.45, 7) is 3.40. The van der Waals surface area contributed by atoms with Crippen molar-refractivity contribution in [3.05, 3.63) is 65.9 Å². The van der Waals surface area contributed by atoms with Gasteiger partial charge in [0.25, 0.3) is 5.91 Å². The van der Waals surface area contributed by atoms with Crippen molar-refractivity contribution in [3.8, 4) is 0 Å². The number of aryl methyl sites for hydroxylation is 1. The van der Waals surface area contributed by atoms with Crippen molar-refractivity contribution < 1.29 is 4.79 Å². The first-order chi connectivity index (χ1) is 13.2. The molecule has 0 radical (unpaired) electrons. The summed E-state index contributed by atoms with van der Waals surface area (Å²) in [6, 6.07) is 11.8. The molecule has 5 heterocycles. The van der Waals surface area contributed by atoms with Crippen molar-refractivity contribution >= 4 is 17.1 Å². The molecule has 0 N–H and O–H groups in total. The zero-order valence-corrected chi connectivity index (χ0v) is 15.1. The van der Waals surface area contributed by atoms with Gasteiger partial charge in [-0.05, 0) is 50.1 Å². The van der Waals surface area contributed by atoms with Crippen molar-refractivity contribution in [2.45, 2.75) is 25.7 Å². The normalized spacial score (nSPS) is 15.7. The number of amides is 1. The number of carbonyl (C=O) groups is 1. The van der Waals surface area contributed by atoms with E-state index in [4.69, 9.17) is 0 Å². The number of piperidine rings is 1. The lowest BCUT2D eigenvalue weighted by molar-refractivity contribution is 0.0711. The van der Waals surface area contributed by atoms with Crippen LogP contribution >= 0.6 is 0 Å². The topological polar surface area (TPSA) is 67.8 Å². The number of hydrogen-bond donors (Lipinski definition) is 0. The molecule has 0 spiro atoms. The van der Waals surface area contributed by atoms with Crippen molar-refractivity contribution in [1.82, 2.24) is 29.1 Å². The Bertz CT molecular complexity index is 1100. The second kappa shape index (κ2) is 6.19. The van der Waals surface area contributed by atoms with Gasteiger partial charge in [-0.25, -0.2) is 0 Å². The molecule has 0 aliphatic carbocycles. The van der Waals surface area contributed by atoms with Crippen LogP contribution in [0.2, 0.25) is 0 Å². The van der Waals surface area contributed by atoms with Gasteiger partial charge in [-0.15, -0.1) is 10.2 Å². The van der Waals surface area contributed by atoms with Crippen molar-refractivity contribution in [2.24, 2.45) is 0 Å². The van der Waals surface area contributed by atoms with Gasteiger partial charge in [-0.1, -0.05) is 6.07 Å². The standard InChI is InChI=1S/C20H20N6O/c1-14-5-6-18-21-22-19(26(18)23-14)15-7-10-24(11-8-15)20(27)16-12-17-4-2-3-9-25(17)13-16/h2-6,9,12-13,15H,7-8,10-11H2,1H3. The van der Waals surface area contributed by atoms with E-state index in [0.29, 0.717) is 0 Å². The van der Waals surface area contributed by atoms with Crippen LogP contribution < -0.4 is 0 Å². The summed E-state index contributed by atoms with van der Waals surface area (Å²) in [5, 5.41) is 13.1. The number of fused-ring (bicyclic) bond motifs is 2. The van der Waals surface area contributed by atoms with Gasteiger partial charge in [0, 0.05) is 36.9 Å². The summed E-state index contributed by atoms with van der Waals surface area (Å²) in [5.41, 5.74) is 3.49. The lowest BCUT2D eigenvalue weighted by Gasteiger charge is -2.30. The van der Waals surface area contributed by atoms with Gasteiger partial charge >= 0.3 is 0 Å². The van der Waals surface area contributed by atoms with E-state index in [1.54, 1.807) is 0 Å². The molecule has 1 saturated heterocycles. The molecule has 1 aliphatic rings. The summed E-state index contributed by atoms with van der Waals surface area (Å²) >= 11 is 0. The van der Waals surface area contributed by atoms with Gasteiger partial charge in [-0.2, -0.15) is 9.61 Å². The van der Waals surface area contributed by atoms with E-state index in [2.05, 4.69) is 15.3 Å². The highest BCUT2D eigenvalue weighted by Crippen LogP contribution is 2.27. The van der Waals surface area contributed by atoms with E-state index in [1.165, 1.54) is 0 Å². The summed E-state index contributed by atoms with van der Waals surface area (Å²) in [7, 11) is 0. The Morgan fingerprint density at radius 1 is 1.11 bits per heavy atom. The molecule has 0 atom stereocenters. The fraction of sp³-hybridized carbons (Fsp3) is 0.300. The van der Waals surface area contributed by atoms with Gasteiger partial charge in [0.05, 0.1) is 11.3 Å². The maximum atomic E-state index is 12.9. The minimum Gasteiger partial charge on any atom is -0.339 e. The number of pyridine rings is 1. The average Bonchev–Trinajstić information content (AvgIpc) is 3.31. The third-order valence-electron chi connectivity index (χ3n) is 5.32. The predicted octanol–water partition coefficient (Wildman–Crippen LogP) is 2.71. The Morgan fingerprint density at radius 3 is 2.78 bits per heavy atom. The number of carbonyl (C=O) groups excluding carboxylic acids is 1. The highest BCUT2D eigenvalue weighted by molar-refractivity contribution is 5.95. The van der Waals surface area contributed by atoms with Gasteiger partial charge in [0.2, 0.25) is 0 Å². The molecule has 0 saturated carbocycles. The van der Waals surface area contributed by atoms with E-state index < -0.39 is 0 Å². The van der Waals surface area contributed by atoms with Crippen LogP contribution in [0.15, 0.2) is 48.8 Å². The smallest absolute Gasteiger partial charge is 0.255 e. The number of nitrogens with zero attached hydrogens (tertiary/aromatic N) is 6. The molecule has 0 unspecified atom stereocenters. The lowest BCUT2D eigenvalue weighted by Crippen LogP contribution is -2.38. The van der Waals surface area contributed by atoms with Gasteiger partial charge in [0.1, 0.15) is 0 Å². The average molecular weight is 360 g/mol. The minimum absolute atomic E-state index is 0.0946. The van der Waals surface area contributed by atoms with E-state index in [0.717, 1.165) is 54.2 Å². The fourth-order valence-electron chi connectivity index (χ4n) is 3.85. The van der Waals surface area contributed by atoms with Crippen molar-refractivity contribution in [1.29, 1.82) is 0 Å². The summed E-state index contributed by atoms with van der Waals surface area (Å²) in [6.07, 6.45) is 5.61. The van der Waals surface area contributed by atoms with E-state index >= 15 is 0 Å². The zero-order valence-electron chi connectivity index (χ0n) is 15.1. The van der Waals surface area contributed by atoms with Crippen LogP contribution in [0, 0.1) is 6.92 Å². The molecule has 1 amide bonds. The van der Waals surface area contributed by atoms with Crippen LogP contribution in [0.25, 0.3) is 11.2 Å². The van der Waals surface area contributed by atoms with Crippen LogP contribution in [-0.2, 0) is 0 Å². The predicted molar refractivity (Wildman–Crippen MR) is 101 cm³/mol. The molecular formula is C20H20N6O. The highest BCUT2D eigenvalue weighted by Gasteiger charge is 2.28. The molecular weight excluding hydrogens is 340 g/mol. The Kier molecular flexibility index (Phi) is 3.67. The Hall–Kier alpha value is -3.22. The fourth-order valence-corrected chi connectivity index (χ4v) is 3.85. The van der Waals surface area contributed by atoms with Crippen molar-refractivity contribution in [2.75, 3.05) is 13.1 Å². The molecule has 1 fully saturated rings. The molecule has 0 bridgehead atoms. The van der Waals surface area contributed by atoms with Gasteiger partial charge in [-0.3, -0.25) is 4.79 Å². The first kappa shape index (κ1) is 16.0. The number of rotatable bonds is 2. The maximum Gasteiger partial charge on any atom is 0.255 e. The van der Waals surface area contributed by atoms with E-state index in [9.17, 15) is 4.79 Å². The van der Waals surface area contributed by atoms with Crippen LogP contribution in [0.1, 0.15) is 40.6 Å². The number of likely N-dealkylation sites (tertiary alicyclic amines) is 1. The first-order valence-corrected chi connectivity index (χ1v) is 9.24. The van der Waals surface area contributed by atoms with E-state index in [-0.39, 0.29) is 11.8 Å². The Labute approximate surface area is 156 Å². The Morgan fingerprint density at radius 2 is 1.96 bits per heavy atom. The second-order valence-corrected chi connectivity index (χ2v) is 7.13. The zero-order chi connectivity index (χ0) is 18.4. The monoisotopic (exact) mass is 360 g/mol. The molecule has 4 aromatic rings. The Balaban J connectivity index is 1.33. The molecule has 7 nitrogen and oxygen atoms in total. The summed E-state index contributed by atoms with van der Waals surface area (Å²) in [5.74, 6) is 1.26. The molecule has 0 aromatic carbocycles. The van der Waals surface area contributed by atoms with Crippen molar-refractivity contribution in [3.63, 3.8) is 0 Å². The number of hydrogen-bond acceptors (Lipinski definition) is 4. The lowest BCUT2D eigenvalue weighted by atomic mass is 9.95. The largest absolute Gasteiger partial charge is 0.339 e. The van der Waals surface area contributed by atoms with Crippen LogP contribution in [-0.4, -0.2) is 48.1 Å². The van der Waals surface area contributed by atoms with Crippen LogP contribution in [0.4, 0.5) is 0 Å². The van der Waals surface area contributed by atoms with Gasteiger partial charge < -0.3 is 9.30 Å². The molecule has 136 valence electrons. The third-order valence-corrected chi connectivity index (χ3v) is 5.32. The maximum absolute atomic E-state index is 12.9. The molecule has 1 aliphatic heterocycles. The summed E-state index contributed by atoms with van der Waals surface area (Å²) in [4.78, 5) is 14.8. The minimum atomic E-state index is 0.0946. The van der Waals surface area contributed by atoms with Crippen LogP contribution in [0.3, 0.4) is 0 Å². The quantitative estimate of drug-likeness (QED) is 0.551. The molecule has 4 aromatic heterocycles. The first-order valence-electron chi connectivity index (χ1n) is 9.24. The SMILES string of the molecule is Cc1ccc2nnc(C3CCN(C(=O)c4cc5ccccn5c4)CC3)n2n1. The molecule has 27 heavy (non-hydrogen) atoms. The third kappa shape index (κ3) is 2.75. The second-order valence-electron chi connectivity index (χ2n) is 7.13. The van der Waals surface area contributed by atoms with E-state index in [1.807, 2.05) is 69.5 Å². The molecule has 7 heteroatoms. The van der Waals surface area contributed by atoms with Crippen LogP contribution in [0.5, 0.6) is 0 Å². The summed E-state index contributed by atoms with van der Waals surface area (Å²) < 4.78 is 3.83.